The molecule has 1 atom stereocenters. The molecule has 76 valence electrons. The quantitative estimate of drug-likeness (QED) is 0.603. The number of carboxylic acid groups (broad SMARTS) is 1. The number of β-amino-alcohol motifs (C(OH)–C–C–N with tert-alkyl or cyclic N) is 1. The molecule has 0 bridgehead atoms. The molecule has 5 nitrogen and oxygen atoms in total. The molecule has 1 unspecified atom stereocenters. The Labute approximate surface area is 76.9 Å². The van der Waals surface area contributed by atoms with Crippen molar-refractivity contribution >= 4 is 5.97 Å². The average Bonchev–Trinajstić information content (AvgIpc) is 2.08. The summed E-state index contributed by atoms with van der Waals surface area (Å²) >= 11 is 0. The third kappa shape index (κ3) is 3.30. The molecule has 1 heterocycles. The third-order valence-corrected chi connectivity index (χ3v) is 2.15. The lowest BCUT2D eigenvalue weighted by atomic mass is 10.1. The highest BCUT2D eigenvalue weighted by Crippen LogP contribution is 2.09. The molecule has 1 rings (SSSR count). The lowest BCUT2D eigenvalue weighted by molar-refractivity contribution is -0.140. The SMILES string of the molecule is O=C(O)CC1COCCN1CCO. The Morgan fingerprint density at radius 2 is 2.38 bits per heavy atom. The van der Waals surface area contributed by atoms with E-state index in [2.05, 4.69) is 0 Å². The van der Waals surface area contributed by atoms with E-state index in [1.807, 2.05) is 4.90 Å². The van der Waals surface area contributed by atoms with Gasteiger partial charge < -0.3 is 14.9 Å². The van der Waals surface area contributed by atoms with E-state index in [1.54, 1.807) is 0 Å². The van der Waals surface area contributed by atoms with Gasteiger partial charge in [0.1, 0.15) is 0 Å². The topological polar surface area (TPSA) is 70.0 Å². The van der Waals surface area contributed by atoms with Crippen LogP contribution >= 0.6 is 0 Å². The Kier molecular flexibility index (Phi) is 4.14. The number of morpholine rings is 1. The summed E-state index contributed by atoms with van der Waals surface area (Å²) in [5, 5.41) is 17.3. The number of carbonyl (C=O) groups is 1. The molecule has 0 radical (unpaired) electrons. The van der Waals surface area contributed by atoms with Gasteiger partial charge in [-0.3, -0.25) is 9.69 Å². The van der Waals surface area contributed by atoms with E-state index in [9.17, 15) is 4.79 Å². The van der Waals surface area contributed by atoms with Gasteiger partial charge in [0.15, 0.2) is 0 Å². The van der Waals surface area contributed by atoms with Crippen molar-refractivity contribution in [1.29, 1.82) is 0 Å². The molecule has 1 fully saturated rings. The number of rotatable bonds is 4. The van der Waals surface area contributed by atoms with Gasteiger partial charge in [0, 0.05) is 19.1 Å². The minimum Gasteiger partial charge on any atom is -0.481 e. The predicted molar refractivity (Wildman–Crippen MR) is 45.5 cm³/mol. The van der Waals surface area contributed by atoms with Gasteiger partial charge in [0.25, 0.3) is 0 Å². The summed E-state index contributed by atoms with van der Waals surface area (Å²) in [5.41, 5.74) is 0. The summed E-state index contributed by atoms with van der Waals surface area (Å²) in [4.78, 5) is 12.4. The number of aliphatic hydroxyl groups excluding tert-OH is 1. The van der Waals surface area contributed by atoms with Gasteiger partial charge in [-0.1, -0.05) is 0 Å². The number of ether oxygens (including phenoxy) is 1. The molecule has 0 aromatic rings. The summed E-state index contributed by atoms with van der Waals surface area (Å²) in [6, 6.07) is -0.0848. The van der Waals surface area contributed by atoms with E-state index in [4.69, 9.17) is 14.9 Å². The molecule has 1 aliphatic heterocycles. The molecule has 0 saturated carbocycles. The minimum atomic E-state index is -0.821. The minimum absolute atomic E-state index is 0.0656. The van der Waals surface area contributed by atoms with Crippen LogP contribution in [0.2, 0.25) is 0 Å². The monoisotopic (exact) mass is 189 g/mol. The van der Waals surface area contributed by atoms with Gasteiger partial charge in [0.2, 0.25) is 0 Å². The predicted octanol–water partition coefficient (Wildman–Crippen LogP) is -0.846. The van der Waals surface area contributed by atoms with E-state index in [1.165, 1.54) is 0 Å². The number of hydrogen-bond acceptors (Lipinski definition) is 4. The number of hydrogen-bond donors (Lipinski definition) is 2. The third-order valence-electron chi connectivity index (χ3n) is 2.15. The van der Waals surface area contributed by atoms with E-state index >= 15 is 0 Å². The van der Waals surface area contributed by atoms with Crippen LogP contribution in [0.3, 0.4) is 0 Å². The summed E-state index contributed by atoms with van der Waals surface area (Å²) in [5.74, 6) is -0.821. The van der Waals surface area contributed by atoms with E-state index in [-0.39, 0.29) is 19.1 Å². The zero-order chi connectivity index (χ0) is 9.68. The van der Waals surface area contributed by atoms with E-state index < -0.39 is 5.97 Å². The molecule has 0 aromatic carbocycles. The lowest BCUT2D eigenvalue weighted by Gasteiger charge is -2.34. The van der Waals surface area contributed by atoms with Crippen LogP contribution in [-0.4, -0.2) is 60.0 Å². The number of nitrogens with zero attached hydrogens (tertiary/aromatic N) is 1. The van der Waals surface area contributed by atoms with Crippen LogP contribution in [-0.2, 0) is 9.53 Å². The zero-order valence-electron chi connectivity index (χ0n) is 7.48. The van der Waals surface area contributed by atoms with Crippen LogP contribution in [0.5, 0.6) is 0 Å². The van der Waals surface area contributed by atoms with Crippen molar-refractivity contribution in [3.8, 4) is 0 Å². The van der Waals surface area contributed by atoms with Crippen LogP contribution in [0.4, 0.5) is 0 Å². The maximum atomic E-state index is 10.5. The van der Waals surface area contributed by atoms with Crippen LogP contribution < -0.4 is 0 Å². The summed E-state index contributed by atoms with van der Waals surface area (Å²) in [6.07, 6.45) is 0.0833. The Bertz CT molecular complexity index is 172. The second-order valence-electron chi connectivity index (χ2n) is 3.09. The van der Waals surface area contributed by atoms with Crippen LogP contribution in [0.1, 0.15) is 6.42 Å². The largest absolute Gasteiger partial charge is 0.481 e. The summed E-state index contributed by atoms with van der Waals surface area (Å²) in [6.45, 7) is 2.37. The molecule has 2 N–H and O–H groups in total. The van der Waals surface area contributed by atoms with Crippen molar-refractivity contribution in [3.05, 3.63) is 0 Å². The first-order valence-corrected chi connectivity index (χ1v) is 4.38. The Morgan fingerprint density at radius 1 is 1.62 bits per heavy atom. The molecular formula is C8H15NO4. The Balaban J connectivity index is 2.41. The fourth-order valence-corrected chi connectivity index (χ4v) is 1.50. The lowest BCUT2D eigenvalue weighted by Crippen LogP contribution is -2.47. The van der Waals surface area contributed by atoms with Crippen molar-refractivity contribution in [3.63, 3.8) is 0 Å². The maximum absolute atomic E-state index is 10.5. The molecule has 0 aliphatic carbocycles. The molecule has 1 saturated heterocycles. The van der Waals surface area contributed by atoms with Crippen LogP contribution in [0.15, 0.2) is 0 Å². The van der Waals surface area contributed by atoms with Gasteiger partial charge in [-0.2, -0.15) is 0 Å². The van der Waals surface area contributed by atoms with Crippen LogP contribution in [0, 0.1) is 0 Å². The maximum Gasteiger partial charge on any atom is 0.305 e. The normalized spacial score (nSPS) is 24.5. The molecule has 0 aromatic heterocycles. The molecule has 5 heteroatoms. The highest BCUT2D eigenvalue weighted by molar-refractivity contribution is 5.67. The highest BCUT2D eigenvalue weighted by Gasteiger charge is 2.24. The smallest absolute Gasteiger partial charge is 0.305 e. The van der Waals surface area contributed by atoms with Gasteiger partial charge in [-0.05, 0) is 0 Å². The fraction of sp³-hybridized carbons (Fsp3) is 0.875. The van der Waals surface area contributed by atoms with Crippen molar-refractivity contribution < 1.29 is 19.7 Å². The van der Waals surface area contributed by atoms with Gasteiger partial charge >= 0.3 is 5.97 Å². The Morgan fingerprint density at radius 3 is 3.00 bits per heavy atom. The van der Waals surface area contributed by atoms with Crippen molar-refractivity contribution in [1.82, 2.24) is 4.90 Å². The molecular weight excluding hydrogens is 174 g/mol. The second kappa shape index (κ2) is 5.16. The molecule has 0 amide bonds. The first-order valence-electron chi connectivity index (χ1n) is 4.38. The first-order chi connectivity index (χ1) is 6.24. The van der Waals surface area contributed by atoms with E-state index in [0.29, 0.717) is 26.3 Å². The standard InChI is InChI=1S/C8H15NO4/c10-3-1-9-2-4-13-6-7(9)5-8(11)12/h7,10H,1-6H2,(H,11,12). The van der Waals surface area contributed by atoms with Gasteiger partial charge in [-0.15, -0.1) is 0 Å². The Hall–Kier alpha value is -0.650. The fourth-order valence-electron chi connectivity index (χ4n) is 1.50. The highest BCUT2D eigenvalue weighted by atomic mass is 16.5. The molecule has 13 heavy (non-hydrogen) atoms. The first kappa shape index (κ1) is 10.4. The number of aliphatic carboxylic acids is 1. The zero-order valence-corrected chi connectivity index (χ0v) is 7.48. The van der Waals surface area contributed by atoms with Gasteiger partial charge in [-0.25, -0.2) is 0 Å². The molecule has 1 aliphatic rings. The summed E-state index contributed by atoms with van der Waals surface area (Å²) in [7, 11) is 0. The number of aliphatic hydroxyl groups is 1. The van der Waals surface area contributed by atoms with Crippen molar-refractivity contribution in [2.75, 3.05) is 32.9 Å². The van der Waals surface area contributed by atoms with E-state index in [0.717, 1.165) is 0 Å². The van der Waals surface area contributed by atoms with Crippen molar-refractivity contribution in [2.24, 2.45) is 0 Å². The second-order valence-corrected chi connectivity index (χ2v) is 3.09. The summed E-state index contributed by atoms with van der Waals surface area (Å²) < 4.78 is 5.17. The van der Waals surface area contributed by atoms with Gasteiger partial charge in [0.05, 0.1) is 26.2 Å². The number of carboxylic acids is 1. The van der Waals surface area contributed by atoms with Crippen molar-refractivity contribution in [2.45, 2.75) is 12.5 Å². The van der Waals surface area contributed by atoms with Crippen LogP contribution in [0.25, 0.3) is 0 Å². The average molecular weight is 189 g/mol. The molecule has 0 spiro atoms.